The quantitative estimate of drug-likeness (QED) is 0.585. The number of hydrogen-bond donors (Lipinski definition) is 3. The van der Waals surface area contributed by atoms with Crippen LogP contribution < -0.4 is 16.6 Å². The number of anilines is 1. The van der Waals surface area contributed by atoms with Crippen LogP contribution in [-0.4, -0.2) is 5.91 Å². The summed E-state index contributed by atoms with van der Waals surface area (Å²) >= 11 is 1.65. The van der Waals surface area contributed by atoms with Crippen LogP contribution in [0.4, 0.5) is 5.69 Å². The van der Waals surface area contributed by atoms with Gasteiger partial charge < -0.3 is 10.7 Å². The maximum Gasteiger partial charge on any atom is 0.253 e. The molecule has 0 fully saturated rings. The van der Waals surface area contributed by atoms with Crippen molar-refractivity contribution in [1.29, 1.82) is 0 Å². The third-order valence-electron chi connectivity index (χ3n) is 3.18. The Morgan fingerprint density at radius 2 is 2.20 bits per heavy atom. The topological polar surface area (TPSA) is 67.2 Å². The average molecular weight is 289 g/mol. The van der Waals surface area contributed by atoms with Crippen molar-refractivity contribution in [3.8, 4) is 0 Å². The van der Waals surface area contributed by atoms with Crippen molar-refractivity contribution in [1.82, 2.24) is 5.32 Å². The minimum atomic E-state index is -0.113. The molecule has 1 heterocycles. The average Bonchev–Trinajstić information content (AvgIpc) is 2.98. The smallest absolute Gasteiger partial charge is 0.253 e. The van der Waals surface area contributed by atoms with Crippen molar-refractivity contribution in [3.05, 3.63) is 51.7 Å². The summed E-state index contributed by atoms with van der Waals surface area (Å²) in [5.74, 6) is 5.37. The van der Waals surface area contributed by atoms with E-state index < -0.39 is 0 Å². The first-order chi connectivity index (χ1) is 9.65. The van der Waals surface area contributed by atoms with Crippen LogP contribution in [0, 0.1) is 6.92 Å². The Balaban J connectivity index is 2.19. The number of nitrogen functional groups attached to an aromatic ring is 1. The summed E-state index contributed by atoms with van der Waals surface area (Å²) in [5, 5.41) is 5.07. The second-order valence-corrected chi connectivity index (χ2v) is 5.62. The Kier molecular flexibility index (Phi) is 4.76. The molecule has 4 N–H and O–H groups in total. The second-order valence-electron chi connectivity index (χ2n) is 4.64. The maximum absolute atomic E-state index is 12.4. The molecular weight excluding hydrogens is 270 g/mol. The van der Waals surface area contributed by atoms with Crippen LogP contribution in [0.3, 0.4) is 0 Å². The number of hydrogen-bond acceptors (Lipinski definition) is 4. The molecule has 0 aliphatic rings. The minimum Gasteiger partial charge on any atom is -0.344 e. The molecule has 4 nitrogen and oxygen atoms in total. The first-order valence-electron chi connectivity index (χ1n) is 6.57. The molecule has 2 rings (SSSR count). The first kappa shape index (κ1) is 14.6. The summed E-state index contributed by atoms with van der Waals surface area (Å²) in [5.41, 5.74) is 4.85. The highest BCUT2D eigenvalue weighted by Crippen LogP contribution is 2.23. The molecule has 1 atom stereocenters. The zero-order valence-electron chi connectivity index (χ0n) is 11.6. The summed E-state index contributed by atoms with van der Waals surface area (Å²) in [6.45, 7) is 4.02. The summed E-state index contributed by atoms with van der Waals surface area (Å²) < 4.78 is 0. The summed E-state index contributed by atoms with van der Waals surface area (Å²) in [6.07, 6.45) is 0.851. The van der Waals surface area contributed by atoms with Gasteiger partial charge in [-0.25, -0.2) is 0 Å². The van der Waals surface area contributed by atoms with Gasteiger partial charge in [0.1, 0.15) is 0 Å². The highest BCUT2D eigenvalue weighted by atomic mass is 32.1. The van der Waals surface area contributed by atoms with E-state index in [9.17, 15) is 4.79 Å². The van der Waals surface area contributed by atoms with Crippen molar-refractivity contribution in [2.45, 2.75) is 26.3 Å². The molecule has 20 heavy (non-hydrogen) atoms. The highest BCUT2D eigenvalue weighted by Gasteiger charge is 2.17. The molecular formula is C15H19N3OS. The van der Waals surface area contributed by atoms with E-state index in [2.05, 4.69) is 17.7 Å². The molecule has 0 saturated heterocycles. The molecule has 0 aliphatic carbocycles. The molecule has 0 radical (unpaired) electrons. The van der Waals surface area contributed by atoms with Gasteiger partial charge in [0, 0.05) is 4.88 Å². The number of aryl methyl sites for hydroxylation is 1. The fourth-order valence-electron chi connectivity index (χ4n) is 2.08. The van der Waals surface area contributed by atoms with E-state index in [1.54, 1.807) is 17.4 Å². The van der Waals surface area contributed by atoms with Crippen LogP contribution in [0.1, 0.15) is 40.2 Å². The van der Waals surface area contributed by atoms with E-state index >= 15 is 0 Å². The zero-order valence-corrected chi connectivity index (χ0v) is 12.5. The zero-order chi connectivity index (χ0) is 14.5. The van der Waals surface area contributed by atoms with Gasteiger partial charge in [0.15, 0.2) is 0 Å². The predicted molar refractivity (Wildman–Crippen MR) is 83.8 cm³/mol. The fourth-order valence-corrected chi connectivity index (χ4v) is 2.94. The monoisotopic (exact) mass is 289 g/mol. The Morgan fingerprint density at radius 3 is 2.80 bits per heavy atom. The SMILES string of the molecule is CCC(NC(=O)c1ccc(C)cc1NN)c1cccs1. The van der Waals surface area contributed by atoms with Gasteiger partial charge in [0.25, 0.3) is 5.91 Å². The summed E-state index contributed by atoms with van der Waals surface area (Å²) in [4.78, 5) is 13.6. The van der Waals surface area contributed by atoms with Crippen molar-refractivity contribution in [3.63, 3.8) is 0 Å². The van der Waals surface area contributed by atoms with Crippen molar-refractivity contribution >= 4 is 22.9 Å². The van der Waals surface area contributed by atoms with Gasteiger partial charge in [-0.15, -0.1) is 11.3 Å². The van der Waals surface area contributed by atoms with Crippen LogP contribution in [-0.2, 0) is 0 Å². The molecule has 0 bridgehead atoms. The third-order valence-corrected chi connectivity index (χ3v) is 4.16. The molecule has 1 aromatic carbocycles. The lowest BCUT2D eigenvalue weighted by molar-refractivity contribution is 0.0937. The van der Waals surface area contributed by atoms with E-state index in [0.717, 1.165) is 16.9 Å². The van der Waals surface area contributed by atoms with Crippen molar-refractivity contribution in [2.24, 2.45) is 5.84 Å². The van der Waals surface area contributed by atoms with Crippen LogP contribution in [0.5, 0.6) is 0 Å². The lowest BCUT2D eigenvalue weighted by Crippen LogP contribution is -2.28. The molecule has 0 spiro atoms. The largest absolute Gasteiger partial charge is 0.344 e. The number of carbonyl (C=O) groups excluding carboxylic acids is 1. The number of amides is 1. The Morgan fingerprint density at radius 1 is 1.40 bits per heavy atom. The lowest BCUT2D eigenvalue weighted by Gasteiger charge is -2.17. The molecule has 1 amide bonds. The van der Waals surface area contributed by atoms with Gasteiger partial charge in [-0.05, 0) is 42.5 Å². The number of thiophene rings is 1. The Labute approximate surface area is 123 Å². The summed E-state index contributed by atoms with van der Waals surface area (Å²) in [7, 11) is 0. The third kappa shape index (κ3) is 3.18. The number of nitrogens with two attached hydrogens (primary N) is 1. The van der Waals surface area contributed by atoms with Gasteiger partial charge in [0.05, 0.1) is 17.3 Å². The molecule has 1 aromatic heterocycles. The lowest BCUT2D eigenvalue weighted by atomic mass is 10.1. The molecule has 0 saturated carbocycles. The van der Waals surface area contributed by atoms with E-state index in [0.29, 0.717) is 11.3 Å². The maximum atomic E-state index is 12.4. The molecule has 106 valence electrons. The highest BCUT2D eigenvalue weighted by molar-refractivity contribution is 7.10. The molecule has 1 unspecified atom stereocenters. The minimum absolute atomic E-state index is 0.0365. The standard InChI is InChI=1S/C15H19N3OS/c1-3-12(14-5-4-8-20-14)17-15(19)11-7-6-10(2)9-13(11)18-16/h4-9,12,18H,3,16H2,1-2H3,(H,17,19). The Hall–Kier alpha value is -1.85. The van der Waals surface area contributed by atoms with E-state index in [4.69, 9.17) is 5.84 Å². The van der Waals surface area contributed by atoms with E-state index in [1.807, 2.05) is 36.6 Å². The molecule has 5 heteroatoms. The van der Waals surface area contributed by atoms with Gasteiger partial charge >= 0.3 is 0 Å². The van der Waals surface area contributed by atoms with Gasteiger partial charge in [-0.1, -0.05) is 19.1 Å². The van der Waals surface area contributed by atoms with E-state index in [1.165, 1.54) is 0 Å². The number of carbonyl (C=O) groups is 1. The van der Waals surface area contributed by atoms with Crippen molar-refractivity contribution in [2.75, 3.05) is 5.43 Å². The molecule has 0 aliphatic heterocycles. The van der Waals surface area contributed by atoms with Crippen LogP contribution in [0.2, 0.25) is 0 Å². The number of nitrogens with one attached hydrogen (secondary N) is 2. The predicted octanol–water partition coefficient (Wildman–Crippen LogP) is 3.22. The van der Waals surface area contributed by atoms with Gasteiger partial charge in [0.2, 0.25) is 0 Å². The Bertz CT molecular complexity index is 581. The van der Waals surface area contributed by atoms with Gasteiger partial charge in [-0.2, -0.15) is 0 Å². The summed E-state index contributed by atoms with van der Waals surface area (Å²) in [6, 6.07) is 9.63. The normalized spacial score (nSPS) is 11.9. The van der Waals surface area contributed by atoms with Crippen LogP contribution in [0.25, 0.3) is 0 Å². The van der Waals surface area contributed by atoms with E-state index in [-0.39, 0.29) is 11.9 Å². The number of hydrazine groups is 1. The van der Waals surface area contributed by atoms with Crippen molar-refractivity contribution < 1.29 is 4.79 Å². The fraction of sp³-hybridized carbons (Fsp3) is 0.267. The van der Waals surface area contributed by atoms with Crippen LogP contribution in [0.15, 0.2) is 35.7 Å². The number of benzene rings is 1. The number of rotatable bonds is 5. The first-order valence-corrected chi connectivity index (χ1v) is 7.45. The van der Waals surface area contributed by atoms with Gasteiger partial charge in [-0.3, -0.25) is 10.6 Å². The molecule has 2 aromatic rings. The van der Waals surface area contributed by atoms with Crippen LogP contribution >= 0.6 is 11.3 Å². The second kappa shape index (κ2) is 6.54.